The van der Waals surface area contributed by atoms with E-state index in [9.17, 15) is 24.0 Å². The highest BCUT2D eigenvalue weighted by Crippen LogP contribution is 2.35. The Morgan fingerprint density at radius 3 is 1.14 bits per heavy atom. The number of methoxy groups -OCH3 is 5. The third kappa shape index (κ3) is 18.8. The van der Waals surface area contributed by atoms with Crippen LogP contribution in [0.1, 0.15) is 199 Å². The van der Waals surface area contributed by atoms with Crippen LogP contribution in [0.15, 0.2) is 119 Å². The zero-order chi connectivity index (χ0) is 58.5. The molecular formula is C67H104O10. The molecule has 0 N–H and O–H groups in total. The molecule has 10 heteroatoms. The van der Waals surface area contributed by atoms with Gasteiger partial charge < -0.3 is 23.7 Å². The molecular weight excluding hydrogens is 965 g/mol. The van der Waals surface area contributed by atoms with Crippen LogP contribution in [0.25, 0.3) is 0 Å². The van der Waals surface area contributed by atoms with E-state index in [0.29, 0.717) is 25.7 Å². The van der Waals surface area contributed by atoms with Gasteiger partial charge in [0, 0.05) is 67.2 Å². The minimum atomic E-state index is -0.799. The van der Waals surface area contributed by atoms with Gasteiger partial charge in [0.15, 0.2) is 56.9 Å². The first-order valence-corrected chi connectivity index (χ1v) is 28.7. The minimum absolute atomic E-state index is 0.0129. The number of unbranched alkanes of at least 4 members (excludes halogenated alkanes) is 4. The van der Waals surface area contributed by atoms with Crippen LogP contribution in [0.5, 0.6) is 0 Å². The predicted molar refractivity (Wildman–Crippen MR) is 318 cm³/mol. The summed E-state index contributed by atoms with van der Waals surface area (Å²) >= 11 is 0. The van der Waals surface area contributed by atoms with Crippen LogP contribution in [0.3, 0.4) is 0 Å². The first-order valence-electron chi connectivity index (χ1n) is 28.7. The molecule has 0 aromatic heterocycles. The van der Waals surface area contributed by atoms with Crippen molar-refractivity contribution in [3.8, 4) is 0 Å². The van der Waals surface area contributed by atoms with Gasteiger partial charge in [0.2, 0.25) is 0 Å². The van der Waals surface area contributed by atoms with E-state index >= 15 is 0 Å². The average molecular weight is 1070 g/mol. The van der Waals surface area contributed by atoms with Crippen molar-refractivity contribution >= 4 is 28.9 Å². The van der Waals surface area contributed by atoms with Crippen molar-refractivity contribution in [3.05, 3.63) is 119 Å². The Bertz CT molecular complexity index is 2240. The second-order valence-electron chi connectivity index (χ2n) is 21.6. The monoisotopic (exact) mass is 1070 g/mol. The van der Waals surface area contributed by atoms with Crippen LogP contribution in [-0.2, 0) is 47.7 Å². The second-order valence-corrected chi connectivity index (χ2v) is 21.6. The van der Waals surface area contributed by atoms with E-state index in [0.717, 1.165) is 98.0 Å². The molecule has 0 saturated heterocycles. The molecule has 0 aromatic carbocycles. The van der Waals surface area contributed by atoms with Gasteiger partial charge in [-0.2, -0.15) is 0 Å². The van der Waals surface area contributed by atoms with Crippen LogP contribution in [0.2, 0.25) is 0 Å². The van der Waals surface area contributed by atoms with Crippen molar-refractivity contribution in [1.29, 1.82) is 0 Å². The lowest BCUT2D eigenvalue weighted by Crippen LogP contribution is -2.43. The molecule has 0 bridgehead atoms. The molecule has 5 rings (SSSR count). The second kappa shape index (κ2) is 35.2. The highest BCUT2D eigenvalue weighted by molar-refractivity contribution is 5.96. The lowest BCUT2D eigenvalue weighted by Gasteiger charge is -2.32. The molecule has 0 fully saturated rings. The lowest BCUT2D eigenvalue weighted by molar-refractivity contribution is -0.136. The summed E-state index contributed by atoms with van der Waals surface area (Å²) in [6, 6.07) is 0. The standard InChI is InChI=1S/C18H30O2.C13H20O2.3C12H18O2/c1-15(2)11-7-5-6-8-13-17(19)18(20-4)14-10-9-12-16(18)3;1-4-5-9-12(14)13(15-3)10-7-6-8-11(13)2;1-9(2)11(13)12(14-4)8-6-5-7-10(12)3;1-5-11(13)12(14-4)8-6-7-9(2)10(12)3;1-4-7-11(13)12(14-3)9-6-5-8-10(12)2/h10,12,14-15H,5-9,11,13H2,1-4H3;7-8,10H,4-6,9H2,1-3H3;6-9H,5H2,1-4H3;6,8H,5,7H2,1-4H3;6,8-9H,4-5,7H2,1-3H3. The van der Waals surface area contributed by atoms with Crippen molar-refractivity contribution < 1.29 is 47.7 Å². The van der Waals surface area contributed by atoms with Gasteiger partial charge in [-0.3, -0.25) is 24.0 Å². The summed E-state index contributed by atoms with van der Waals surface area (Å²) in [5, 5.41) is 0. The molecule has 0 amide bonds. The van der Waals surface area contributed by atoms with Crippen LogP contribution >= 0.6 is 0 Å². The summed E-state index contributed by atoms with van der Waals surface area (Å²) in [4.78, 5) is 60.4. The number of hydrogen-bond donors (Lipinski definition) is 0. The topological polar surface area (TPSA) is 132 Å². The molecule has 0 aromatic rings. The molecule has 5 aliphatic rings. The fraction of sp³-hybridized carbons (Fsp3) is 0.627. The van der Waals surface area contributed by atoms with Crippen LogP contribution in [-0.4, -0.2) is 92.5 Å². The van der Waals surface area contributed by atoms with E-state index in [1.807, 2.05) is 129 Å². The summed E-state index contributed by atoms with van der Waals surface area (Å²) in [6.07, 6.45) is 43.3. The number of hydrogen-bond acceptors (Lipinski definition) is 10. The Kier molecular flexibility index (Phi) is 32.3. The van der Waals surface area contributed by atoms with Crippen LogP contribution < -0.4 is 0 Å². The van der Waals surface area contributed by atoms with Crippen molar-refractivity contribution in [2.75, 3.05) is 35.5 Å². The van der Waals surface area contributed by atoms with Crippen molar-refractivity contribution in [2.45, 2.75) is 227 Å². The zero-order valence-electron chi connectivity index (χ0n) is 51.3. The molecule has 10 nitrogen and oxygen atoms in total. The van der Waals surface area contributed by atoms with Gasteiger partial charge in [-0.1, -0.05) is 141 Å². The Hall–Kier alpha value is -4.45. The normalized spacial score (nSPS) is 25.1. The molecule has 0 spiro atoms. The van der Waals surface area contributed by atoms with Gasteiger partial charge in [-0.05, 0) is 157 Å². The third-order valence-corrected chi connectivity index (χ3v) is 15.6. The van der Waals surface area contributed by atoms with E-state index in [4.69, 9.17) is 23.7 Å². The van der Waals surface area contributed by atoms with Crippen molar-refractivity contribution in [3.63, 3.8) is 0 Å². The van der Waals surface area contributed by atoms with Crippen molar-refractivity contribution in [1.82, 2.24) is 0 Å². The number of carbonyl (C=O) groups excluding carboxylic acids is 5. The number of allylic oxidation sites excluding steroid dienone is 10. The summed E-state index contributed by atoms with van der Waals surface area (Å²) in [6.45, 7) is 26.2. The number of rotatable bonds is 24. The van der Waals surface area contributed by atoms with Crippen LogP contribution in [0.4, 0.5) is 0 Å². The third-order valence-electron chi connectivity index (χ3n) is 15.6. The Labute approximate surface area is 467 Å². The highest BCUT2D eigenvalue weighted by Gasteiger charge is 2.42. The SMILES string of the molecule is CCC(=O)C1(OC)C=CCC(C)=C1C.CCCC(=O)C1(OC)C=CCC=C1C.CCCCC(=O)C1(OC)C=CCC=C1C.COC1(C(=O)C(C)C)C=CCC=C1C.COC1(C(=O)CCCCCCC(C)C)C=CCC=C1C. The molecule has 0 aliphatic heterocycles. The van der Waals surface area contributed by atoms with E-state index in [2.05, 4.69) is 45.9 Å². The number of carbonyl (C=O) groups is 5. The highest BCUT2D eigenvalue weighted by atomic mass is 16.5. The summed E-state index contributed by atoms with van der Waals surface area (Å²) in [5.74, 6) is 1.57. The number of ketones is 5. The fourth-order valence-corrected chi connectivity index (χ4v) is 10.3. The summed E-state index contributed by atoms with van der Waals surface area (Å²) in [7, 11) is 8.03. The maximum absolute atomic E-state index is 12.5. The smallest absolute Gasteiger partial charge is 0.175 e. The summed E-state index contributed by atoms with van der Waals surface area (Å²) in [5.41, 5.74) is 2.45. The Balaban J connectivity index is 0.000000485. The van der Waals surface area contributed by atoms with E-state index in [1.54, 1.807) is 35.5 Å². The average Bonchev–Trinajstić information content (AvgIpc) is 3.43. The maximum Gasteiger partial charge on any atom is 0.175 e. The molecule has 5 aliphatic carbocycles. The molecule has 5 atom stereocenters. The largest absolute Gasteiger partial charge is 0.362 e. The predicted octanol–water partition coefficient (Wildman–Crippen LogP) is 15.7. The summed E-state index contributed by atoms with van der Waals surface area (Å²) < 4.78 is 27.2. The van der Waals surface area contributed by atoms with Crippen LogP contribution in [0, 0.1) is 11.8 Å². The number of ether oxygens (including phenoxy) is 5. The molecule has 0 heterocycles. The van der Waals surface area contributed by atoms with Gasteiger partial charge in [0.1, 0.15) is 0 Å². The first kappa shape index (κ1) is 70.6. The molecule has 432 valence electrons. The van der Waals surface area contributed by atoms with Gasteiger partial charge in [0.25, 0.3) is 0 Å². The lowest BCUT2D eigenvalue weighted by atomic mass is 9.81. The van der Waals surface area contributed by atoms with E-state index in [1.165, 1.54) is 24.8 Å². The van der Waals surface area contributed by atoms with Gasteiger partial charge in [0.05, 0.1) is 0 Å². The first-order chi connectivity index (χ1) is 36.5. The molecule has 0 radical (unpaired) electrons. The number of Topliss-reactive ketones (excluding diaryl/α,β-unsaturated/α-hetero) is 5. The van der Waals surface area contributed by atoms with Gasteiger partial charge in [-0.25, -0.2) is 0 Å². The quantitative estimate of drug-likeness (QED) is 0.0680. The van der Waals surface area contributed by atoms with E-state index < -0.39 is 28.0 Å². The minimum Gasteiger partial charge on any atom is -0.362 e. The molecule has 77 heavy (non-hydrogen) atoms. The van der Waals surface area contributed by atoms with Gasteiger partial charge >= 0.3 is 0 Å². The molecule has 5 unspecified atom stereocenters. The fourth-order valence-electron chi connectivity index (χ4n) is 10.3. The Morgan fingerprint density at radius 2 is 0.805 bits per heavy atom. The van der Waals surface area contributed by atoms with Gasteiger partial charge in [-0.15, -0.1) is 0 Å². The molecule has 0 saturated carbocycles. The zero-order valence-corrected chi connectivity index (χ0v) is 51.3. The van der Waals surface area contributed by atoms with E-state index in [-0.39, 0.29) is 34.8 Å². The Morgan fingerprint density at radius 1 is 0.442 bits per heavy atom. The van der Waals surface area contributed by atoms with Crippen molar-refractivity contribution in [2.24, 2.45) is 11.8 Å². The maximum atomic E-state index is 12.5.